The number of rotatable bonds is 4. The summed E-state index contributed by atoms with van der Waals surface area (Å²) in [6, 6.07) is 7.68. The van der Waals surface area contributed by atoms with Gasteiger partial charge in [-0.15, -0.1) is 0 Å². The SMILES string of the molecule is CC(=O)c1cc(Br)ccc1N(C)CCC#N. The molecule has 0 bridgehead atoms. The van der Waals surface area contributed by atoms with Gasteiger partial charge in [-0.25, -0.2) is 0 Å². The number of nitriles is 1. The molecule has 0 amide bonds. The van der Waals surface area contributed by atoms with Gasteiger partial charge < -0.3 is 4.90 Å². The van der Waals surface area contributed by atoms with Crippen molar-refractivity contribution in [2.45, 2.75) is 13.3 Å². The summed E-state index contributed by atoms with van der Waals surface area (Å²) in [5, 5.41) is 8.53. The van der Waals surface area contributed by atoms with E-state index in [0.717, 1.165) is 10.2 Å². The maximum atomic E-state index is 11.5. The molecule has 0 aliphatic carbocycles. The number of benzene rings is 1. The molecule has 0 radical (unpaired) electrons. The Hall–Kier alpha value is -1.34. The molecular weight excluding hydrogens is 268 g/mol. The standard InChI is InChI=1S/C12H13BrN2O/c1-9(16)11-8-10(13)4-5-12(11)15(2)7-3-6-14/h4-5,8H,3,7H2,1-2H3. The van der Waals surface area contributed by atoms with Crippen molar-refractivity contribution >= 4 is 27.4 Å². The first kappa shape index (κ1) is 12.7. The summed E-state index contributed by atoms with van der Waals surface area (Å²) in [5.74, 6) is 0.0279. The molecule has 0 aromatic heterocycles. The van der Waals surface area contributed by atoms with Crippen LogP contribution in [0.1, 0.15) is 23.7 Å². The highest BCUT2D eigenvalue weighted by Crippen LogP contribution is 2.24. The van der Waals surface area contributed by atoms with Crippen LogP contribution in [0, 0.1) is 11.3 Å². The Kier molecular flexibility index (Phi) is 4.51. The molecule has 0 aliphatic rings. The van der Waals surface area contributed by atoms with Gasteiger partial charge in [-0.1, -0.05) is 15.9 Å². The third-order valence-electron chi connectivity index (χ3n) is 2.31. The number of ketones is 1. The molecular formula is C12H13BrN2O. The zero-order chi connectivity index (χ0) is 12.1. The molecule has 0 spiro atoms. The van der Waals surface area contributed by atoms with Crippen LogP contribution in [-0.2, 0) is 0 Å². The molecule has 0 fully saturated rings. The van der Waals surface area contributed by atoms with Crippen LogP contribution in [0.2, 0.25) is 0 Å². The molecule has 0 atom stereocenters. The molecule has 84 valence electrons. The summed E-state index contributed by atoms with van der Waals surface area (Å²) < 4.78 is 0.884. The fourth-order valence-corrected chi connectivity index (χ4v) is 1.82. The second kappa shape index (κ2) is 5.66. The molecule has 0 heterocycles. The van der Waals surface area contributed by atoms with Gasteiger partial charge in [-0.05, 0) is 25.1 Å². The van der Waals surface area contributed by atoms with Crippen LogP contribution in [0.4, 0.5) is 5.69 Å². The van der Waals surface area contributed by atoms with E-state index in [4.69, 9.17) is 5.26 Å². The van der Waals surface area contributed by atoms with E-state index in [1.807, 2.05) is 24.1 Å². The Labute approximate surface area is 104 Å². The monoisotopic (exact) mass is 280 g/mol. The predicted molar refractivity (Wildman–Crippen MR) is 67.6 cm³/mol. The van der Waals surface area contributed by atoms with E-state index in [-0.39, 0.29) is 5.78 Å². The second-order valence-electron chi connectivity index (χ2n) is 3.55. The number of carbonyl (C=O) groups is 1. The van der Waals surface area contributed by atoms with Crippen molar-refractivity contribution < 1.29 is 4.79 Å². The summed E-state index contributed by atoms with van der Waals surface area (Å²) in [6.07, 6.45) is 0.448. The topological polar surface area (TPSA) is 44.1 Å². The Morgan fingerprint density at radius 2 is 2.25 bits per heavy atom. The summed E-state index contributed by atoms with van der Waals surface area (Å²) in [4.78, 5) is 13.4. The zero-order valence-corrected chi connectivity index (χ0v) is 10.9. The van der Waals surface area contributed by atoms with Gasteiger partial charge in [-0.2, -0.15) is 5.26 Å². The fourth-order valence-electron chi connectivity index (χ4n) is 1.46. The van der Waals surface area contributed by atoms with Crippen LogP contribution >= 0.6 is 15.9 Å². The number of carbonyl (C=O) groups excluding carboxylic acids is 1. The molecule has 0 N–H and O–H groups in total. The molecule has 3 nitrogen and oxygen atoms in total. The zero-order valence-electron chi connectivity index (χ0n) is 9.33. The van der Waals surface area contributed by atoms with Gasteiger partial charge in [-0.3, -0.25) is 4.79 Å². The van der Waals surface area contributed by atoms with E-state index in [9.17, 15) is 4.79 Å². The van der Waals surface area contributed by atoms with Crippen molar-refractivity contribution in [1.29, 1.82) is 5.26 Å². The van der Waals surface area contributed by atoms with Gasteiger partial charge in [0.25, 0.3) is 0 Å². The smallest absolute Gasteiger partial charge is 0.161 e. The molecule has 0 aliphatic heterocycles. The van der Waals surface area contributed by atoms with Crippen LogP contribution in [0.25, 0.3) is 0 Å². The van der Waals surface area contributed by atoms with E-state index < -0.39 is 0 Å². The van der Waals surface area contributed by atoms with Crippen molar-refractivity contribution in [3.63, 3.8) is 0 Å². The first-order valence-corrected chi connectivity index (χ1v) is 5.74. The van der Waals surface area contributed by atoms with Crippen LogP contribution in [-0.4, -0.2) is 19.4 Å². The average Bonchev–Trinajstić information content (AvgIpc) is 2.25. The van der Waals surface area contributed by atoms with Gasteiger partial charge >= 0.3 is 0 Å². The van der Waals surface area contributed by atoms with Crippen LogP contribution < -0.4 is 4.90 Å². The van der Waals surface area contributed by atoms with Gasteiger partial charge in [0.2, 0.25) is 0 Å². The molecule has 1 aromatic rings. The summed E-state index contributed by atoms with van der Waals surface area (Å²) in [7, 11) is 1.88. The van der Waals surface area contributed by atoms with Gasteiger partial charge in [0.05, 0.1) is 12.5 Å². The van der Waals surface area contributed by atoms with Crippen molar-refractivity contribution in [2.24, 2.45) is 0 Å². The summed E-state index contributed by atoms with van der Waals surface area (Å²) in [5.41, 5.74) is 1.54. The van der Waals surface area contributed by atoms with E-state index in [1.54, 1.807) is 13.0 Å². The van der Waals surface area contributed by atoms with E-state index in [0.29, 0.717) is 18.5 Å². The summed E-state index contributed by atoms with van der Waals surface area (Å²) >= 11 is 3.34. The number of anilines is 1. The highest BCUT2D eigenvalue weighted by Gasteiger charge is 2.11. The average molecular weight is 281 g/mol. The van der Waals surface area contributed by atoms with Crippen LogP contribution in [0.15, 0.2) is 22.7 Å². The molecule has 1 aromatic carbocycles. The van der Waals surface area contributed by atoms with Crippen LogP contribution in [0.3, 0.4) is 0 Å². The Morgan fingerprint density at radius 3 is 2.81 bits per heavy atom. The fraction of sp³-hybridized carbons (Fsp3) is 0.333. The number of Topliss-reactive ketones (excluding diaryl/α,β-unsaturated/α-hetero) is 1. The number of hydrogen-bond donors (Lipinski definition) is 0. The van der Waals surface area contributed by atoms with Gasteiger partial charge in [0.15, 0.2) is 5.78 Å². The van der Waals surface area contributed by atoms with Gasteiger partial charge in [0.1, 0.15) is 0 Å². The Balaban J connectivity index is 3.03. The normalized spacial score (nSPS) is 9.62. The molecule has 16 heavy (non-hydrogen) atoms. The molecule has 4 heteroatoms. The minimum absolute atomic E-state index is 0.0279. The second-order valence-corrected chi connectivity index (χ2v) is 4.46. The lowest BCUT2D eigenvalue weighted by Gasteiger charge is -2.20. The third-order valence-corrected chi connectivity index (χ3v) is 2.80. The van der Waals surface area contributed by atoms with Gasteiger partial charge in [0, 0.05) is 29.3 Å². The predicted octanol–water partition coefficient (Wildman–Crippen LogP) is 3.00. The lowest BCUT2D eigenvalue weighted by molar-refractivity contribution is 0.101. The lowest BCUT2D eigenvalue weighted by atomic mass is 10.1. The number of hydrogen-bond acceptors (Lipinski definition) is 3. The first-order valence-electron chi connectivity index (χ1n) is 4.95. The molecule has 0 unspecified atom stereocenters. The van der Waals surface area contributed by atoms with Crippen molar-refractivity contribution in [1.82, 2.24) is 0 Å². The van der Waals surface area contributed by atoms with Crippen molar-refractivity contribution in [2.75, 3.05) is 18.5 Å². The quantitative estimate of drug-likeness (QED) is 0.797. The minimum Gasteiger partial charge on any atom is -0.373 e. The number of halogens is 1. The van der Waals surface area contributed by atoms with E-state index in [1.165, 1.54) is 0 Å². The third kappa shape index (κ3) is 3.07. The molecule has 0 saturated heterocycles. The van der Waals surface area contributed by atoms with Crippen molar-refractivity contribution in [3.05, 3.63) is 28.2 Å². The Bertz CT molecular complexity index is 437. The maximum Gasteiger partial charge on any atom is 0.161 e. The molecule has 1 rings (SSSR count). The van der Waals surface area contributed by atoms with E-state index >= 15 is 0 Å². The summed E-state index contributed by atoms with van der Waals surface area (Å²) in [6.45, 7) is 2.17. The highest BCUT2D eigenvalue weighted by molar-refractivity contribution is 9.10. The largest absolute Gasteiger partial charge is 0.373 e. The highest BCUT2D eigenvalue weighted by atomic mass is 79.9. The van der Waals surface area contributed by atoms with Crippen LogP contribution in [0.5, 0.6) is 0 Å². The number of nitrogens with zero attached hydrogens (tertiary/aromatic N) is 2. The van der Waals surface area contributed by atoms with E-state index in [2.05, 4.69) is 22.0 Å². The maximum absolute atomic E-state index is 11.5. The Morgan fingerprint density at radius 1 is 1.56 bits per heavy atom. The molecule has 0 saturated carbocycles. The minimum atomic E-state index is 0.0279. The first-order chi connectivity index (χ1) is 7.56. The van der Waals surface area contributed by atoms with Crippen molar-refractivity contribution in [3.8, 4) is 6.07 Å². The lowest BCUT2D eigenvalue weighted by Crippen LogP contribution is -2.20.